The molecule has 1 aromatic heterocycles. The highest BCUT2D eigenvalue weighted by Gasteiger charge is 2.30. The van der Waals surface area contributed by atoms with Crippen LogP contribution in [0.1, 0.15) is 50.7 Å². The standard InChI is InChI=1S/C26H36N2O4/c1-3-30-24-13-21-20-9-10-27(11-12-28-15-18-5-6-19(16-28)8-7-18)17-22(20)26(29)32-23(21)14-25(24)31-4-2/h13-14,18-19H,3-12,15-17H2,1-2H3. The highest BCUT2D eigenvalue weighted by atomic mass is 16.5. The van der Waals surface area contributed by atoms with Gasteiger partial charge in [-0.2, -0.15) is 0 Å². The van der Waals surface area contributed by atoms with Gasteiger partial charge in [0.2, 0.25) is 0 Å². The van der Waals surface area contributed by atoms with Crippen molar-refractivity contribution < 1.29 is 13.9 Å². The topological polar surface area (TPSA) is 55.2 Å². The molecule has 3 aliphatic heterocycles. The van der Waals surface area contributed by atoms with Crippen molar-refractivity contribution >= 4 is 11.0 Å². The fourth-order valence-electron chi connectivity index (χ4n) is 5.92. The van der Waals surface area contributed by atoms with Crippen molar-refractivity contribution in [3.63, 3.8) is 0 Å². The van der Waals surface area contributed by atoms with Crippen LogP contribution < -0.4 is 15.1 Å². The van der Waals surface area contributed by atoms with Crippen molar-refractivity contribution in [2.45, 2.75) is 52.5 Å². The van der Waals surface area contributed by atoms with Crippen LogP contribution >= 0.6 is 0 Å². The van der Waals surface area contributed by atoms with Crippen molar-refractivity contribution in [1.29, 1.82) is 0 Å². The third kappa shape index (κ3) is 4.40. The molecule has 6 nitrogen and oxygen atoms in total. The first kappa shape index (κ1) is 21.8. The monoisotopic (exact) mass is 440 g/mol. The zero-order chi connectivity index (χ0) is 22.1. The molecule has 174 valence electrons. The van der Waals surface area contributed by atoms with Crippen LogP contribution in [0.25, 0.3) is 11.0 Å². The van der Waals surface area contributed by atoms with E-state index in [4.69, 9.17) is 13.9 Å². The van der Waals surface area contributed by atoms with Crippen LogP contribution in [-0.2, 0) is 13.0 Å². The van der Waals surface area contributed by atoms with Gasteiger partial charge < -0.3 is 18.8 Å². The number of benzene rings is 1. The molecule has 1 aliphatic carbocycles. The predicted octanol–water partition coefficient (Wildman–Crippen LogP) is 4.07. The van der Waals surface area contributed by atoms with Crippen LogP contribution in [0.3, 0.4) is 0 Å². The van der Waals surface area contributed by atoms with E-state index >= 15 is 0 Å². The van der Waals surface area contributed by atoms with E-state index in [-0.39, 0.29) is 5.63 Å². The highest BCUT2D eigenvalue weighted by molar-refractivity contribution is 5.85. The molecular weight excluding hydrogens is 404 g/mol. The van der Waals surface area contributed by atoms with Gasteiger partial charge in [-0.15, -0.1) is 0 Å². The molecule has 0 atom stereocenters. The summed E-state index contributed by atoms with van der Waals surface area (Å²) in [6.07, 6.45) is 6.53. The van der Waals surface area contributed by atoms with Gasteiger partial charge in [-0.3, -0.25) is 4.90 Å². The van der Waals surface area contributed by atoms with Crippen LogP contribution in [-0.4, -0.2) is 55.7 Å². The van der Waals surface area contributed by atoms with E-state index in [1.54, 1.807) is 0 Å². The summed E-state index contributed by atoms with van der Waals surface area (Å²) in [5.74, 6) is 3.15. The third-order valence-electron chi connectivity index (χ3n) is 7.58. The minimum absolute atomic E-state index is 0.211. The van der Waals surface area contributed by atoms with Gasteiger partial charge in [-0.1, -0.05) is 0 Å². The molecular formula is C26H36N2O4. The Morgan fingerprint density at radius 3 is 2.19 bits per heavy atom. The maximum absolute atomic E-state index is 12.9. The number of ether oxygens (including phenoxy) is 2. The summed E-state index contributed by atoms with van der Waals surface area (Å²) in [4.78, 5) is 18.0. The van der Waals surface area contributed by atoms with Crippen molar-refractivity contribution in [2.24, 2.45) is 11.8 Å². The predicted molar refractivity (Wildman–Crippen MR) is 126 cm³/mol. The molecule has 2 bridgehead atoms. The fourth-order valence-corrected chi connectivity index (χ4v) is 5.92. The second-order valence-corrected chi connectivity index (χ2v) is 9.68. The van der Waals surface area contributed by atoms with E-state index in [0.717, 1.165) is 60.2 Å². The highest BCUT2D eigenvalue weighted by Crippen LogP contribution is 2.36. The van der Waals surface area contributed by atoms with Gasteiger partial charge in [-0.25, -0.2) is 4.79 Å². The van der Waals surface area contributed by atoms with Crippen LogP contribution in [0.15, 0.2) is 21.3 Å². The fraction of sp³-hybridized carbons (Fsp3) is 0.654. The second kappa shape index (κ2) is 9.44. The molecule has 1 saturated carbocycles. The van der Waals surface area contributed by atoms with E-state index in [0.29, 0.717) is 31.1 Å². The van der Waals surface area contributed by atoms with E-state index < -0.39 is 0 Å². The normalized spacial score (nSPS) is 23.8. The lowest BCUT2D eigenvalue weighted by Gasteiger charge is -2.31. The Labute approximate surface area is 190 Å². The van der Waals surface area contributed by atoms with Crippen LogP contribution in [0, 0.1) is 11.8 Å². The molecule has 32 heavy (non-hydrogen) atoms. The molecule has 4 aliphatic rings. The van der Waals surface area contributed by atoms with E-state index in [9.17, 15) is 4.79 Å². The Bertz CT molecular complexity index is 995. The van der Waals surface area contributed by atoms with Crippen LogP contribution in [0.2, 0.25) is 0 Å². The SMILES string of the molecule is CCOc1cc2oc(=O)c3c(c2cc1OCC)CCN(CCN1CC2CCC(CC2)C1)C3. The minimum atomic E-state index is -0.211. The summed E-state index contributed by atoms with van der Waals surface area (Å²) < 4.78 is 17.3. The maximum Gasteiger partial charge on any atom is 0.341 e. The van der Waals surface area contributed by atoms with Gasteiger partial charge in [-0.05, 0) is 69.4 Å². The molecule has 3 fully saturated rings. The number of hydrogen-bond donors (Lipinski definition) is 0. The van der Waals surface area contributed by atoms with E-state index in [1.165, 1.54) is 38.8 Å². The molecule has 0 unspecified atom stereocenters. The summed E-state index contributed by atoms with van der Waals surface area (Å²) >= 11 is 0. The number of nitrogens with zero attached hydrogens (tertiary/aromatic N) is 2. The molecule has 0 N–H and O–H groups in total. The molecule has 6 heteroatoms. The van der Waals surface area contributed by atoms with E-state index in [1.807, 2.05) is 26.0 Å². The zero-order valence-electron chi connectivity index (χ0n) is 19.5. The smallest absolute Gasteiger partial charge is 0.341 e. The van der Waals surface area contributed by atoms with Crippen LogP contribution in [0.5, 0.6) is 11.5 Å². The molecule has 4 heterocycles. The Morgan fingerprint density at radius 2 is 1.53 bits per heavy atom. The second-order valence-electron chi connectivity index (χ2n) is 9.68. The van der Waals surface area contributed by atoms with Gasteiger partial charge in [0.25, 0.3) is 0 Å². The molecule has 0 amide bonds. The summed E-state index contributed by atoms with van der Waals surface area (Å²) in [6, 6.07) is 3.81. The lowest BCUT2D eigenvalue weighted by atomic mass is 9.84. The first-order chi connectivity index (χ1) is 15.6. The summed E-state index contributed by atoms with van der Waals surface area (Å²) in [6.45, 7) is 11.3. The largest absolute Gasteiger partial charge is 0.490 e. The van der Waals surface area contributed by atoms with Gasteiger partial charge in [0.05, 0.1) is 18.8 Å². The number of hydrogen-bond acceptors (Lipinski definition) is 6. The molecule has 0 spiro atoms. The Morgan fingerprint density at radius 1 is 0.906 bits per heavy atom. The maximum atomic E-state index is 12.9. The van der Waals surface area contributed by atoms with E-state index in [2.05, 4.69) is 9.80 Å². The average Bonchev–Trinajstić information content (AvgIpc) is 3.12. The minimum Gasteiger partial charge on any atom is -0.490 e. The average molecular weight is 441 g/mol. The Hall–Kier alpha value is -2.05. The lowest BCUT2D eigenvalue weighted by Crippen LogP contribution is -2.40. The summed E-state index contributed by atoms with van der Waals surface area (Å²) in [5, 5.41) is 0.982. The molecule has 2 saturated heterocycles. The van der Waals surface area contributed by atoms with Crippen molar-refractivity contribution in [3.8, 4) is 11.5 Å². The van der Waals surface area contributed by atoms with Gasteiger partial charge >= 0.3 is 5.63 Å². The van der Waals surface area contributed by atoms with Gasteiger partial charge in [0, 0.05) is 50.7 Å². The molecule has 0 radical (unpaired) electrons. The lowest BCUT2D eigenvalue weighted by molar-refractivity contribution is 0.182. The Kier molecular flexibility index (Phi) is 6.42. The van der Waals surface area contributed by atoms with Crippen LogP contribution in [0.4, 0.5) is 0 Å². The Balaban J connectivity index is 1.34. The number of fused-ring (bicyclic) bond motifs is 7. The molecule has 2 aromatic rings. The summed E-state index contributed by atoms with van der Waals surface area (Å²) in [5.41, 5.74) is 2.31. The molecule has 1 aromatic carbocycles. The third-order valence-corrected chi connectivity index (χ3v) is 7.58. The van der Waals surface area contributed by atoms with Crippen molar-refractivity contribution in [3.05, 3.63) is 33.7 Å². The van der Waals surface area contributed by atoms with Gasteiger partial charge in [0.15, 0.2) is 11.5 Å². The first-order valence-corrected chi connectivity index (χ1v) is 12.5. The molecule has 6 rings (SSSR count). The van der Waals surface area contributed by atoms with Crippen molar-refractivity contribution in [1.82, 2.24) is 9.80 Å². The summed E-state index contributed by atoms with van der Waals surface area (Å²) in [7, 11) is 0. The number of rotatable bonds is 7. The van der Waals surface area contributed by atoms with Gasteiger partial charge in [0.1, 0.15) is 5.58 Å². The quantitative estimate of drug-likeness (QED) is 0.605. The van der Waals surface area contributed by atoms with Crippen molar-refractivity contribution in [2.75, 3.05) is 45.9 Å². The zero-order valence-corrected chi connectivity index (χ0v) is 19.5. The first-order valence-electron chi connectivity index (χ1n) is 12.5.